The molecule has 0 saturated heterocycles. The topological polar surface area (TPSA) is 77.0 Å². The third-order valence-corrected chi connectivity index (χ3v) is 3.20. The highest BCUT2D eigenvalue weighted by atomic mass is 32.1. The van der Waals surface area contributed by atoms with Gasteiger partial charge < -0.3 is 9.47 Å². The van der Waals surface area contributed by atoms with Crippen molar-refractivity contribution in [3.8, 4) is 5.75 Å². The first-order valence-electron chi connectivity index (χ1n) is 5.92. The Morgan fingerprint density at radius 1 is 1.29 bits per heavy atom. The summed E-state index contributed by atoms with van der Waals surface area (Å²) in [5, 5.41) is 5.50. The zero-order chi connectivity index (χ0) is 15.1. The van der Waals surface area contributed by atoms with Crippen LogP contribution in [0.1, 0.15) is 15.2 Å². The van der Waals surface area contributed by atoms with Crippen LogP contribution in [-0.4, -0.2) is 25.4 Å². The fourth-order valence-corrected chi connectivity index (χ4v) is 2.01. The van der Waals surface area contributed by atoms with Gasteiger partial charge in [0.15, 0.2) is 0 Å². The van der Waals surface area contributed by atoms with Gasteiger partial charge >= 0.3 is 12.1 Å². The van der Waals surface area contributed by atoms with Crippen LogP contribution >= 0.6 is 11.3 Å². The van der Waals surface area contributed by atoms with Crippen LogP contribution in [0.15, 0.2) is 46.9 Å². The summed E-state index contributed by atoms with van der Waals surface area (Å²) in [6.45, 7) is 0. The van der Waals surface area contributed by atoms with Crippen molar-refractivity contribution < 1.29 is 19.1 Å². The molecule has 0 spiro atoms. The van der Waals surface area contributed by atoms with Gasteiger partial charge in [0, 0.05) is 0 Å². The summed E-state index contributed by atoms with van der Waals surface area (Å²) in [6.07, 6.45) is 0.755. The van der Waals surface area contributed by atoms with E-state index in [0.717, 1.165) is 0 Å². The molecule has 0 radical (unpaired) electrons. The lowest BCUT2D eigenvalue weighted by Gasteiger charge is -2.03. The second kappa shape index (κ2) is 7.20. The molecule has 0 unspecified atom stereocenters. The molecule has 0 bridgehead atoms. The summed E-state index contributed by atoms with van der Waals surface area (Å²) in [5.74, 6) is -0.0119. The third kappa shape index (κ3) is 4.43. The number of methoxy groups -OCH3 is 1. The SMILES string of the molecule is COC(=O)NN=Cc1cccc(OC(=O)c2cccs2)c1. The summed E-state index contributed by atoms with van der Waals surface area (Å²) < 4.78 is 9.62. The summed E-state index contributed by atoms with van der Waals surface area (Å²) in [5.41, 5.74) is 2.83. The van der Waals surface area contributed by atoms with Gasteiger partial charge in [0.05, 0.1) is 13.3 Å². The molecule has 6 nitrogen and oxygen atoms in total. The largest absolute Gasteiger partial charge is 0.452 e. The number of hydrogen-bond acceptors (Lipinski definition) is 6. The number of nitrogens with one attached hydrogen (secondary N) is 1. The lowest BCUT2D eigenvalue weighted by Crippen LogP contribution is -2.16. The monoisotopic (exact) mass is 304 g/mol. The van der Waals surface area contributed by atoms with E-state index in [9.17, 15) is 9.59 Å². The molecule has 21 heavy (non-hydrogen) atoms. The van der Waals surface area contributed by atoms with Crippen LogP contribution in [-0.2, 0) is 4.74 Å². The zero-order valence-electron chi connectivity index (χ0n) is 11.1. The number of amides is 1. The van der Waals surface area contributed by atoms with Crippen LogP contribution in [0.4, 0.5) is 4.79 Å². The number of esters is 1. The standard InChI is InChI=1S/C14H12N2O4S/c1-19-14(18)16-15-9-10-4-2-5-11(8-10)20-13(17)12-6-3-7-21-12/h2-9H,1H3,(H,16,18). The number of benzene rings is 1. The second-order valence-electron chi connectivity index (χ2n) is 3.80. The lowest BCUT2D eigenvalue weighted by molar-refractivity contribution is 0.0740. The Balaban J connectivity index is 2.01. The number of thiophene rings is 1. The van der Waals surface area contributed by atoms with Gasteiger partial charge in [-0.05, 0) is 29.1 Å². The molecule has 0 aliphatic carbocycles. The first kappa shape index (κ1) is 14.7. The third-order valence-electron chi connectivity index (χ3n) is 2.35. The van der Waals surface area contributed by atoms with Gasteiger partial charge in [-0.2, -0.15) is 5.10 Å². The molecular weight excluding hydrogens is 292 g/mol. The molecule has 0 atom stereocenters. The molecular formula is C14H12N2O4S. The molecule has 1 heterocycles. The number of ether oxygens (including phenoxy) is 2. The normalized spacial score (nSPS) is 10.3. The number of rotatable bonds is 4. The number of carbonyl (C=O) groups excluding carboxylic acids is 2. The van der Waals surface area contributed by atoms with E-state index in [1.165, 1.54) is 24.7 Å². The van der Waals surface area contributed by atoms with Gasteiger partial charge in [-0.1, -0.05) is 18.2 Å². The van der Waals surface area contributed by atoms with E-state index in [-0.39, 0.29) is 0 Å². The Bertz CT molecular complexity index is 653. The van der Waals surface area contributed by atoms with E-state index in [0.29, 0.717) is 16.2 Å². The van der Waals surface area contributed by atoms with Crippen LogP contribution in [0, 0.1) is 0 Å². The van der Waals surface area contributed by atoms with E-state index in [2.05, 4.69) is 15.3 Å². The maximum absolute atomic E-state index is 11.8. The van der Waals surface area contributed by atoms with Crippen molar-refractivity contribution in [2.75, 3.05) is 7.11 Å². The molecule has 1 aromatic carbocycles. The van der Waals surface area contributed by atoms with Gasteiger partial charge in [-0.3, -0.25) is 0 Å². The van der Waals surface area contributed by atoms with E-state index in [1.807, 2.05) is 0 Å². The van der Waals surface area contributed by atoms with Gasteiger partial charge in [0.25, 0.3) is 0 Å². The number of nitrogens with zero attached hydrogens (tertiary/aromatic N) is 1. The van der Waals surface area contributed by atoms with E-state index in [4.69, 9.17) is 4.74 Å². The first-order chi connectivity index (χ1) is 10.2. The van der Waals surface area contributed by atoms with Crippen LogP contribution in [0.3, 0.4) is 0 Å². The average molecular weight is 304 g/mol. The summed E-state index contributed by atoms with van der Waals surface area (Å²) in [7, 11) is 1.25. The molecule has 2 rings (SSSR count). The van der Waals surface area contributed by atoms with Crippen LogP contribution in [0.5, 0.6) is 5.75 Å². The fourth-order valence-electron chi connectivity index (χ4n) is 1.42. The van der Waals surface area contributed by atoms with E-state index >= 15 is 0 Å². The van der Waals surface area contributed by atoms with Crippen molar-refractivity contribution in [3.05, 3.63) is 52.2 Å². The molecule has 1 amide bonds. The highest BCUT2D eigenvalue weighted by molar-refractivity contribution is 7.12. The minimum atomic E-state index is -0.661. The maximum atomic E-state index is 11.8. The van der Waals surface area contributed by atoms with Crippen LogP contribution < -0.4 is 10.2 Å². The molecule has 108 valence electrons. The van der Waals surface area contributed by atoms with Crippen molar-refractivity contribution in [1.82, 2.24) is 5.43 Å². The number of carbonyl (C=O) groups is 2. The Morgan fingerprint density at radius 2 is 2.14 bits per heavy atom. The highest BCUT2D eigenvalue weighted by Gasteiger charge is 2.09. The average Bonchev–Trinajstić information content (AvgIpc) is 3.02. The van der Waals surface area contributed by atoms with Crippen molar-refractivity contribution in [2.45, 2.75) is 0 Å². The van der Waals surface area contributed by atoms with E-state index in [1.54, 1.807) is 41.8 Å². The summed E-state index contributed by atoms with van der Waals surface area (Å²) >= 11 is 1.31. The first-order valence-corrected chi connectivity index (χ1v) is 6.80. The number of hydrazone groups is 1. The minimum Gasteiger partial charge on any atom is -0.452 e. The molecule has 1 N–H and O–H groups in total. The van der Waals surface area contributed by atoms with Crippen molar-refractivity contribution in [2.24, 2.45) is 5.10 Å². The quantitative estimate of drug-likeness (QED) is 0.408. The van der Waals surface area contributed by atoms with Crippen molar-refractivity contribution in [1.29, 1.82) is 0 Å². The van der Waals surface area contributed by atoms with Gasteiger partial charge in [-0.15, -0.1) is 11.3 Å². The Hall–Kier alpha value is -2.67. The summed E-state index contributed by atoms with van der Waals surface area (Å²) in [4.78, 5) is 23.2. The maximum Gasteiger partial charge on any atom is 0.427 e. The predicted molar refractivity (Wildman–Crippen MR) is 78.9 cm³/mol. The van der Waals surface area contributed by atoms with Crippen LogP contribution in [0.2, 0.25) is 0 Å². The lowest BCUT2D eigenvalue weighted by atomic mass is 10.2. The fraction of sp³-hybridized carbons (Fsp3) is 0.0714. The molecule has 0 fully saturated rings. The molecule has 2 aromatic rings. The smallest absolute Gasteiger partial charge is 0.427 e. The Kier molecular flexibility index (Phi) is 5.05. The van der Waals surface area contributed by atoms with Gasteiger partial charge in [-0.25, -0.2) is 15.0 Å². The zero-order valence-corrected chi connectivity index (χ0v) is 11.9. The molecule has 1 aromatic heterocycles. The molecule has 0 aliphatic heterocycles. The number of hydrogen-bond donors (Lipinski definition) is 1. The van der Waals surface area contributed by atoms with Gasteiger partial charge in [0.2, 0.25) is 0 Å². The highest BCUT2D eigenvalue weighted by Crippen LogP contribution is 2.16. The predicted octanol–water partition coefficient (Wildman–Crippen LogP) is 2.66. The van der Waals surface area contributed by atoms with Crippen LogP contribution in [0.25, 0.3) is 0 Å². The van der Waals surface area contributed by atoms with E-state index < -0.39 is 12.1 Å². The van der Waals surface area contributed by atoms with Crippen molar-refractivity contribution in [3.63, 3.8) is 0 Å². The molecule has 0 saturated carbocycles. The Labute approximate surface area is 125 Å². The van der Waals surface area contributed by atoms with Crippen molar-refractivity contribution >= 4 is 29.6 Å². The van der Waals surface area contributed by atoms with Gasteiger partial charge in [0.1, 0.15) is 10.6 Å². The second-order valence-corrected chi connectivity index (χ2v) is 4.75. The minimum absolute atomic E-state index is 0.399. The Morgan fingerprint density at radius 3 is 2.86 bits per heavy atom. The molecule has 0 aliphatic rings. The molecule has 7 heteroatoms. The summed E-state index contributed by atoms with van der Waals surface area (Å²) in [6, 6.07) is 10.2.